The molecule has 2 aromatic rings. The van der Waals surface area contributed by atoms with Crippen molar-refractivity contribution < 1.29 is 14.6 Å². The number of carbonyl (C=O) groups is 1. The van der Waals surface area contributed by atoms with Crippen molar-refractivity contribution in [1.29, 1.82) is 0 Å². The Balaban J connectivity index is 1.84. The van der Waals surface area contributed by atoms with Crippen LogP contribution in [0.1, 0.15) is 31.4 Å². The average molecular weight is 341 g/mol. The van der Waals surface area contributed by atoms with Gasteiger partial charge in [0.25, 0.3) is 0 Å². The highest BCUT2D eigenvalue weighted by Gasteiger charge is 2.17. The number of ether oxygens (including phenoxy) is 1. The first-order valence-electron chi connectivity index (χ1n) is 8.76. The van der Waals surface area contributed by atoms with E-state index in [4.69, 9.17) is 4.74 Å². The second kappa shape index (κ2) is 9.84. The van der Waals surface area contributed by atoms with Gasteiger partial charge in [-0.1, -0.05) is 56.3 Å². The Kier molecular flexibility index (Phi) is 7.48. The standard InChI is InChI=1S/C21H27NO3/c1-16(2)12-13-25-19-10-8-18(9-11-19)15-22-20(21(23)24)14-17-6-4-3-5-7-17/h3-11,16,20,22H,12-15H2,1-2H3,(H,23,24)/t20-/m0/s1. The molecule has 2 rings (SSSR count). The highest BCUT2D eigenvalue weighted by molar-refractivity contribution is 5.73. The fourth-order valence-corrected chi connectivity index (χ4v) is 2.45. The number of carboxylic acid groups (broad SMARTS) is 1. The van der Waals surface area contributed by atoms with E-state index in [9.17, 15) is 9.90 Å². The molecule has 0 aliphatic carbocycles. The van der Waals surface area contributed by atoms with E-state index in [-0.39, 0.29) is 0 Å². The van der Waals surface area contributed by atoms with Crippen molar-refractivity contribution in [3.05, 3.63) is 65.7 Å². The van der Waals surface area contributed by atoms with Crippen LogP contribution in [0.25, 0.3) is 0 Å². The monoisotopic (exact) mass is 341 g/mol. The van der Waals surface area contributed by atoms with Crippen LogP contribution in [-0.2, 0) is 17.8 Å². The molecule has 1 atom stereocenters. The Morgan fingerprint density at radius 2 is 1.72 bits per heavy atom. The van der Waals surface area contributed by atoms with E-state index in [0.29, 0.717) is 25.5 Å². The van der Waals surface area contributed by atoms with Crippen LogP contribution in [0, 0.1) is 5.92 Å². The first kappa shape index (κ1) is 19.0. The highest BCUT2D eigenvalue weighted by atomic mass is 16.5. The van der Waals surface area contributed by atoms with Crippen molar-refractivity contribution in [2.45, 2.75) is 39.3 Å². The number of hydrogen-bond donors (Lipinski definition) is 2. The maximum Gasteiger partial charge on any atom is 0.321 e. The van der Waals surface area contributed by atoms with Gasteiger partial charge >= 0.3 is 5.97 Å². The fraction of sp³-hybridized carbons (Fsp3) is 0.381. The van der Waals surface area contributed by atoms with Crippen LogP contribution in [-0.4, -0.2) is 23.7 Å². The summed E-state index contributed by atoms with van der Waals surface area (Å²) >= 11 is 0. The molecule has 0 aliphatic heterocycles. The molecular formula is C21H27NO3. The Labute approximate surface area is 149 Å². The van der Waals surface area contributed by atoms with Gasteiger partial charge < -0.3 is 15.2 Å². The molecule has 0 aromatic heterocycles. The molecule has 4 nitrogen and oxygen atoms in total. The zero-order valence-corrected chi connectivity index (χ0v) is 14.9. The van der Waals surface area contributed by atoms with Crippen LogP contribution in [0.3, 0.4) is 0 Å². The van der Waals surface area contributed by atoms with Crippen molar-refractivity contribution in [1.82, 2.24) is 5.32 Å². The molecular weight excluding hydrogens is 314 g/mol. The maximum absolute atomic E-state index is 11.5. The first-order valence-corrected chi connectivity index (χ1v) is 8.76. The van der Waals surface area contributed by atoms with E-state index in [1.54, 1.807) is 0 Å². The summed E-state index contributed by atoms with van der Waals surface area (Å²) < 4.78 is 5.70. The number of aliphatic carboxylic acids is 1. The van der Waals surface area contributed by atoms with Gasteiger partial charge in [-0.2, -0.15) is 0 Å². The number of benzene rings is 2. The summed E-state index contributed by atoms with van der Waals surface area (Å²) in [5.41, 5.74) is 2.05. The molecule has 0 aliphatic rings. The second-order valence-corrected chi connectivity index (χ2v) is 6.64. The van der Waals surface area contributed by atoms with E-state index in [1.165, 1.54) is 0 Å². The van der Waals surface area contributed by atoms with Gasteiger partial charge in [0.1, 0.15) is 11.8 Å². The minimum absolute atomic E-state index is 0.465. The Hall–Kier alpha value is -2.33. The van der Waals surface area contributed by atoms with Crippen LogP contribution >= 0.6 is 0 Å². The molecule has 0 amide bonds. The van der Waals surface area contributed by atoms with E-state index in [2.05, 4.69) is 19.2 Å². The molecule has 4 heteroatoms. The number of carboxylic acids is 1. The van der Waals surface area contributed by atoms with Gasteiger partial charge in [-0.05, 0) is 42.0 Å². The normalized spacial score (nSPS) is 12.1. The third kappa shape index (κ3) is 6.98. The lowest BCUT2D eigenvalue weighted by Crippen LogP contribution is -2.38. The summed E-state index contributed by atoms with van der Waals surface area (Å²) in [4.78, 5) is 11.5. The molecule has 0 saturated carbocycles. The van der Waals surface area contributed by atoms with Gasteiger partial charge in [0.15, 0.2) is 0 Å². The average Bonchev–Trinajstić information content (AvgIpc) is 2.60. The van der Waals surface area contributed by atoms with Gasteiger partial charge in [-0.15, -0.1) is 0 Å². The number of rotatable bonds is 10. The largest absolute Gasteiger partial charge is 0.494 e. The topological polar surface area (TPSA) is 58.6 Å². The van der Waals surface area contributed by atoms with E-state index < -0.39 is 12.0 Å². The van der Waals surface area contributed by atoms with Crippen molar-refractivity contribution in [3.63, 3.8) is 0 Å². The summed E-state index contributed by atoms with van der Waals surface area (Å²) in [6.45, 7) is 5.57. The van der Waals surface area contributed by atoms with Gasteiger partial charge in [-0.25, -0.2) is 0 Å². The Morgan fingerprint density at radius 1 is 1.04 bits per heavy atom. The van der Waals surface area contributed by atoms with Crippen LogP contribution in [0.5, 0.6) is 5.75 Å². The molecule has 0 fully saturated rings. The molecule has 0 heterocycles. The van der Waals surface area contributed by atoms with Crippen molar-refractivity contribution >= 4 is 5.97 Å². The van der Waals surface area contributed by atoms with E-state index >= 15 is 0 Å². The molecule has 134 valence electrons. The molecule has 0 saturated heterocycles. The lowest BCUT2D eigenvalue weighted by Gasteiger charge is -2.15. The molecule has 0 spiro atoms. The lowest BCUT2D eigenvalue weighted by molar-refractivity contribution is -0.139. The minimum atomic E-state index is -0.836. The predicted molar refractivity (Wildman–Crippen MR) is 99.8 cm³/mol. The smallest absolute Gasteiger partial charge is 0.321 e. The third-order valence-electron chi connectivity index (χ3n) is 4.02. The van der Waals surface area contributed by atoms with Crippen LogP contribution in [0.15, 0.2) is 54.6 Å². The number of hydrogen-bond acceptors (Lipinski definition) is 3. The zero-order chi connectivity index (χ0) is 18.1. The van der Waals surface area contributed by atoms with Gasteiger partial charge in [-0.3, -0.25) is 4.79 Å². The Morgan fingerprint density at radius 3 is 2.32 bits per heavy atom. The summed E-state index contributed by atoms with van der Waals surface area (Å²) in [6.07, 6.45) is 1.50. The minimum Gasteiger partial charge on any atom is -0.494 e. The molecule has 25 heavy (non-hydrogen) atoms. The summed E-state index contributed by atoms with van der Waals surface area (Å²) in [6, 6.07) is 16.9. The van der Waals surface area contributed by atoms with Crippen LogP contribution in [0.2, 0.25) is 0 Å². The fourth-order valence-electron chi connectivity index (χ4n) is 2.45. The second-order valence-electron chi connectivity index (χ2n) is 6.64. The maximum atomic E-state index is 11.5. The summed E-state index contributed by atoms with van der Waals surface area (Å²) in [5, 5.41) is 12.5. The van der Waals surface area contributed by atoms with E-state index in [0.717, 1.165) is 23.3 Å². The number of nitrogens with one attached hydrogen (secondary N) is 1. The molecule has 0 unspecified atom stereocenters. The first-order chi connectivity index (χ1) is 12.0. The van der Waals surface area contributed by atoms with Crippen molar-refractivity contribution in [2.24, 2.45) is 5.92 Å². The van der Waals surface area contributed by atoms with Gasteiger partial charge in [0.2, 0.25) is 0 Å². The van der Waals surface area contributed by atoms with Gasteiger partial charge in [0, 0.05) is 6.54 Å². The van der Waals surface area contributed by atoms with Crippen LogP contribution < -0.4 is 10.1 Å². The molecule has 0 bridgehead atoms. The molecule has 2 N–H and O–H groups in total. The predicted octanol–water partition coefficient (Wildman–Crippen LogP) is 3.90. The SMILES string of the molecule is CC(C)CCOc1ccc(CN[C@@H](Cc2ccccc2)C(=O)O)cc1. The van der Waals surface area contributed by atoms with Crippen molar-refractivity contribution in [3.8, 4) is 5.75 Å². The molecule has 2 aromatic carbocycles. The van der Waals surface area contributed by atoms with Crippen molar-refractivity contribution in [2.75, 3.05) is 6.61 Å². The summed E-state index contributed by atoms with van der Waals surface area (Å²) in [5.74, 6) is 0.641. The quantitative estimate of drug-likeness (QED) is 0.688. The Bertz CT molecular complexity index is 638. The van der Waals surface area contributed by atoms with Crippen LogP contribution in [0.4, 0.5) is 0 Å². The summed E-state index contributed by atoms with van der Waals surface area (Å²) in [7, 11) is 0. The highest BCUT2D eigenvalue weighted by Crippen LogP contribution is 2.14. The molecule has 0 radical (unpaired) electrons. The lowest BCUT2D eigenvalue weighted by atomic mass is 10.1. The van der Waals surface area contributed by atoms with E-state index in [1.807, 2.05) is 54.6 Å². The zero-order valence-electron chi connectivity index (χ0n) is 14.9. The third-order valence-corrected chi connectivity index (χ3v) is 4.02. The van der Waals surface area contributed by atoms with Gasteiger partial charge in [0.05, 0.1) is 6.61 Å².